The number of carbonyl (C=O) groups is 1. The molecule has 1 heterocycles. The summed E-state index contributed by atoms with van der Waals surface area (Å²) in [7, 11) is -6.09. The number of halogens is 3. The van der Waals surface area contributed by atoms with Crippen LogP contribution >= 0.6 is 0 Å². The Morgan fingerprint density at radius 1 is 1.16 bits per heavy atom. The molecule has 31 heavy (non-hydrogen) atoms. The van der Waals surface area contributed by atoms with E-state index in [2.05, 4.69) is 17.6 Å². The highest BCUT2D eigenvalue weighted by atomic mass is 32.2. The van der Waals surface area contributed by atoms with Gasteiger partial charge in [0, 0.05) is 18.6 Å². The lowest BCUT2D eigenvalue weighted by Gasteiger charge is -2.09. The van der Waals surface area contributed by atoms with Crippen LogP contribution in [0.5, 0.6) is 5.75 Å². The largest absolute Gasteiger partial charge is 0.741 e. The van der Waals surface area contributed by atoms with Gasteiger partial charge in [-0.1, -0.05) is 18.2 Å². The number of carboxylic acid groups (broad SMARTS) is 1. The Balaban J connectivity index is 0.000000366. The minimum Gasteiger partial charge on any atom is -0.741 e. The van der Waals surface area contributed by atoms with Crippen LogP contribution in [0.25, 0.3) is 22.1 Å². The van der Waals surface area contributed by atoms with E-state index in [1.807, 2.05) is 36.4 Å². The number of para-hydroxylation sites is 3. The average Bonchev–Trinajstić information content (AvgIpc) is 2.68. The number of benzene rings is 2. The molecular formula is C19H19F3N2O6S. The minimum absolute atomic E-state index is 0.107. The molecule has 0 radical (unpaired) electrons. The highest BCUT2D eigenvalue weighted by Crippen LogP contribution is 2.24. The summed E-state index contributed by atoms with van der Waals surface area (Å²) in [5, 5.41) is 8.70. The van der Waals surface area contributed by atoms with Crippen molar-refractivity contribution in [1.82, 2.24) is 4.98 Å². The molecule has 0 saturated carbocycles. The summed E-state index contributed by atoms with van der Waals surface area (Å²) in [5.74, 6) is -0.111. The van der Waals surface area contributed by atoms with Gasteiger partial charge in [0.05, 0.1) is 6.61 Å². The van der Waals surface area contributed by atoms with Gasteiger partial charge in [-0.15, -0.1) is 0 Å². The fourth-order valence-electron chi connectivity index (χ4n) is 2.74. The maximum atomic E-state index is 10.7. The smallest absolute Gasteiger partial charge is 0.485 e. The third kappa shape index (κ3) is 6.25. The Bertz CT molecular complexity index is 1180. The van der Waals surface area contributed by atoms with Crippen molar-refractivity contribution in [3.05, 3.63) is 42.5 Å². The number of aryl methyl sites for hydroxylation is 1. The van der Waals surface area contributed by atoms with Crippen LogP contribution in [0.4, 0.5) is 13.2 Å². The Morgan fingerprint density at radius 2 is 1.77 bits per heavy atom. The molecule has 0 fully saturated rings. The number of hydrogen-bond acceptors (Lipinski definition) is 6. The zero-order chi connectivity index (χ0) is 23.2. The molecule has 0 atom stereocenters. The van der Waals surface area contributed by atoms with Crippen LogP contribution in [-0.4, -0.2) is 41.1 Å². The molecule has 1 N–H and O–H groups in total. The molecule has 0 unspecified atom stereocenters. The topological polar surface area (TPSA) is 120 Å². The van der Waals surface area contributed by atoms with Gasteiger partial charge in [-0.3, -0.25) is 4.79 Å². The lowest BCUT2D eigenvalue weighted by Crippen LogP contribution is -2.34. The molecule has 0 aliphatic carbocycles. The van der Waals surface area contributed by atoms with Crippen LogP contribution in [0, 0.1) is 0 Å². The molecular weight excluding hydrogens is 441 g/mol. The summed E-state index contributed by atoms with van der Waals surface area (Å²) in [6.45, 7) is 3.31. The number of carboxylic acids is 1. The van der Waals surface area contributed by atoms with Crippen molar-refractivity contribution >= 4 is 38.2 Å². The average molecular weight is 460 g/mol. The number of fused-ring (bicyclic) bond motifs is 2. The molecule has 0 saturated heterocycles. The molecule has 1 aromatic heterocycles. The molecule has 3 aromatic rings. The van der Waals surface area contributed by atoms with Crippen LogP contribution in [0.2, 0.25) is 0 Å². The predicted octanol–water partition coefficient (Wildman–Crippen LogP) is 2.99. The van der Waals surface area contributed by atoms with Gasteiger partial charge in [0.2, 0.25) is 11.0 Å². The maximum absolute atomic E-state index is 10.7. The fourth-order valence-corrected chi connectivity index (χ4v) is 2.74. The van der Waals surface area contributed by atoms with E-state index < -0.39 is 21.6 Å². The van der Waals surface area contributed by atoms with Crippen molar-refractivity contribution in [3.8, 4) is 5.75 Å². The van der Waals surface area contributed by atoms with Gasteiger partial charge in [-0.25, -0.2) is 13.4 Å². The highest BCUT2D eigenvalue weighted by molar-refractivity contribution is 7.86. The minimum atomic E-state index is -6.09. The molecule has 0 aliphatic rings. The van der Waals surface area contributed by atoms with Crippen molar-refractivity contribution in [2.24, 2.45) is 0 Å². The van der Waals surface area contributed by atoms with Crippen molar-refractivity contribution in [2.45, 2.75) is 31.8 Å². The summed E-state index contributed by atoms with van der Waals surface area (Å²) in [4.78, 5) is 15.3. The van der Waals surface area contributed by atoms with Crippen molar-refractivity contribution < 1.29 is 45.3 Å². The number of hydrogen-bond donors (Lipinski definition) is 1. The van der Waals surface area contributed by atoms with Crippen molar-refractivity contribution in [2.75, 3.05) is 6.61 Å². The first-order valence-corrected chi connectivity index (χ1v) is 10.4. The van der Waals surface area contributed by atoms with Crippen LogP contribution in [0.1, 0.15) is 19.8 Å². The second-order valence-electron chi connectivity index (χ2n) is 6.21. The van der Waals surface area contributed by atoms with E-state index in [4.69, 9.17) is 27.8 Å². The third-order valence-electron chi connectivity index (χ3n) is 4.07. The van der Waals surface area contributed by atoms with E-state index in [1.54, 1.807) is 0 Å². The van der Waals surface area contributed by atoms with Gasteiger partial charge in [-0.05, 0) is 25.5 Å². The second kappa shape index (κ2) is 9.88. The van der Waals surface area contributed by atoms with E-state index in [1.165, 1.54) is 0 Å². The van der Waals surface area contributed by atoms with E-state index >= 15 is 0 Å². The Hall–Kier alpha value is -2.99. The first-order valence-electron chi connectivity index (χ1n) is 9.03. The molecule has 8 nitrogen and oxygen atoms in total. The molecule has 0 spiro atoms. The maximum Gasteiger partial charge on any atom is 0.485 e. The summed E-state index contributed by atoms with van der Waals surface area (Å²) in [6, 6.07) is 13.9. The van der Waals surface area contributed by atoms with Crippen molar-refractivity contribution in [1.29, 1.82) is 0 Å². The Morgan fingerprint density at radius 3 is 2.35 bits per heavy atom. The van der Waals surface area contributed by atoms with Gasteiger partial charge in [0.15, 0.2) is 21.4 Å². The first-order chi connectivity index (χ1) is 14.5. The Labute approximate surface area is 175 Å². The van der Waals surface area contributed by atoms with Gasteiger partial charge in [0.1, 0.15) is 12.1 Å². The molecule has 0 bridgehead atoms. The van der Waals surface area contributed by atoms with Gasteiger partial charge in [0.25, 0.3) is 0 Å². The summed E-state index contributed by atoms with van der Waals surface area (Å²) in [6.07, 6.45) is 0.586. The lowest BCUT2D eigenvalue weighted by atomic mass is 10.2. The molecule has 3 rings (SSSR count). The zero-order valence-corrected chi connectivity index (χ0v) is 17.1. The molecule has 0 aliphatic heterocycles. The van der Waals surface area contributed by atoms with Gasteiger partial charge < -0.3 is 14.4 Å². The lowest BCUT2D eigenvalue weighted by molar-refractivity contribution is -0.641. The molecule has 168 valence electrons. The Kier molecular flexibility index (Phi) is 7.74. The van der Waals surface area contributed by atoms with Crippen LogP contribution < -0.4 is 9.30 Å². The molecule has 2 aromatic carbocycles. The van der Waals surface area contributed by atoms with Crippen LogP contribution in [0.3, 0.4) is 0 Å². The monoisotopic (exact) mass is 460 g/mol. The normalized spacial score (nSPS) is 11.8. The number of aromatic nitrogens is 2. The summed E-state index contributed by atoms with van der Waals surface area (Å²) < 4.78 is 66.9. The van der Waals surface area contributed by atoms with E-state index in [-0.39, 0.29) is 6.42 Å². The predicted molar refractivity (Wildman–Crippen MR) is 103 cm³/mol. The molecule has 0 amide bonds. The van der Waals surface area contributed by atoms with E-state index in [0.29, 0.717) is 18.8 Å². The number of rotatable bonds is 6. The third-order valence-corrected chi connectivity index (χ3v) is 4.63. The van der Waals surface area contributed by atoms with Crippen LogP contribution in [0.15, 0.2) is 42.5 Å². The fraction of sp³-hybridized carbons (Fsp3) is 0.316. The van der Waals surface area contributed by atoms with Gasteiger partial charge >= 0.3 is 11.5 Å². The number of alkyl halides is 3. The van der Waals surface area contributed by atoms with E-state index in [9.17, 15) is 18.0 Å². The molecule has 12 heteroatoms. The van der Waals surface area contributed by atoms with Crippen LogP contribution in [-0.2, 0) is 21.5 Å². The van der Waals surface area contributed by atoms with Gasteiger partial charge in [-0.2, -0.15) is 17.7 Å². The highest BCUT2D eigenvalue weighted by Gasteiger charge is 2.36. The standard InChI is InChI=1S/C18H18N2O3.CHF3O3S/c1-2-20-14-8-4-3-7-13(14)19-18-15(20)9-5-10-16(18)23-12-6-11-17(21)22;2-1(3,4)8(5,6)7/h3-5,7-10H,2,6,11-12H2,1H3;(H,5,6,7). The number of nitrogens with zero attached hydrogens (tertiary/aromatic N) is 2. The quantitative estimate of drug-likeness (QED) is 0.197. The second-order valence-corrected chi connectivity index (χ2v) is 7.59. The zero-order valence-electron chi connectivity index (χ0n) is 16.3. The SMILES string of the molecule is CC[n+]1c2ccccc2nc2c(OCCCC(=O)O)cccc21.O=S(=O)([O-])C(F)(F)F. The first kappa shape index (κ1) is 24.3. The number of aliphatic carboxylic acids is 1. The number of ether oxygens (including phenoxy) is 1. The summed E-state index contributed by atoms with van der Waals surface area (Å²) >= 11 is 0. The van der Waals surface area contributed by atoms with Crippen molar-refractivity contribution in [3.63, 3.8) is 0 Å². The van der Waals surface area contributed by atoms with E-state index in [0.717, 1.165) is 28.6 Å². The summed E-state index contributed by atoms with van der Waals surface area (Å²) in [5.41, 5.74) is -1.81.